The van der Waals surface area contributed by atoms with Crippen molar-refractivity contribution in [2.24, 2.45) is 11.8 Å². The molecule has 2 rings (SSSR count). The predicted octanol–water partition coefficient (Wildman–Crippen LogP) is 3.07. The number of hydrogen-bond acceptors (Lipinski definition) is 2. The van der Waals surface area contributed by atoms with Crippen LogP contribution in [0.2, 0.25) is 0 Å². The molecule has 1 aromatic rings. The van der Waals surface area contributed by atoms with Crippen LogP contribution < -0.4 is 5.32 Å². The highest BCUT2D eigenvalue weighted by molar-refractivity contribution is 5.78. The molecular formula is C16H27N3O. The molecule has 20 heavy (non-hydrogen) atoms. The summed E-state index contributed by atoms with van der Waals surface area (Å²) in [6.45, 7) is 2.93. The molecule has 4 nitrogen and oxygen atoms in total. The van der Waals surface area contributed by atoms with Crippen LogP contribution in [-0.2, 0) is 11.2 Å². The molecule has 0 bridgehead atoms. The van der Waals surface area contributed by atoms with Gasteiger partial charge in [-0.3, -0.25) is 4.79 Å². The fourth-order valence-electron chi connectivity index (χ4n) is 3.09. The summed E-state index contributed by atoms with van der Waals surface area (Å²) >= 11 is 0. The van der Waals surface area contributed by atoms with Crippen molar-refractivity contribution in [1.29, 1.82) is 0 Å². The molecule has 4 heteroatoms. The van der Waals surface area contributed by atoms with Crippen LogP contribution >= 0.6 is 0 Å². The fraction of sp³-hybridized carbons (Fsp3) is 0.750. The van der Waals surface area contributed by atoms with Crippen LogP contribution in [0.3, 0.4) is 0 Å². The van der Waals surface area contributed by atoms with Gasteiger partial charge in [-0.1, -0.05) is 26.2 Å². The largest absolute Gasteiger partial charge is 0.355 e. The first kappa shape index (κ1) is 15.1. The molecule has 1 aliphatic carbocycles. The van der Waals surface area contributed by atoms with Crippen LogP contribution in [0.4, 0.5) is 0 Å². The molecule has 1 aromatic heterocycles. The Hall–Kier alpha value is -1.32. The quantitative estimate of drug-likeness (QED) is 0.804. The normalized spacial score (nSPS) is 22.6. The topological polar surface area (TPSA) is 57.8 Å². The minimum Gasteiger partial charge on any atom is -0.355 e. The van der Waals surface area contributed by atoms with Crippen molar-refractivity contribution in [3.8, 4) is 0 Å². The molecule has 0 spiro atoms. The number of carbonyl (C=O) groups excluding carboxylic acids is 1. The number of hydrogen-bond donors (Lipinski definition) is 2. The molecule has 0 unspecified atom stereocenters. The summed E-state index contributed by atoms with van der Waals surface area (Å²) < 4.78 is 0. The van der Waals surface area contributed by atoms with Gasteiger partial charge in [0.2, 0.25) is 5.91 Å². The first-order valence-corrected chi connectivity index (χ1v) is 8.05. The van der Waals surface area contributed by atoms with Gasteiger partial charge in [0.1, 0.15) is 5.82 Å². The van der Waals surface area contributed by atoms with E-state index in [0.717, 1.165) is 31.0 Å². The fourth-order valence-corrected chi connectivity index (χ4v) is 3.09. The van der Waals surface area contributed by atoms with E-state index < -0.39 is 0 Å². The Balaban J connectivity index is 1.61. The maximum absolute atomic E-state index is 12.1. The van der Waals surface area contributed by atoms with E-state index in [-0.39, 0.29) is 11.8 Å². The highest BCUT2D eigenvalue weighted by Gasteiger charge is 2.25. The van der Waals surface area contributed by atoms with Gasteiger partial charge in [0, 0.05) is 31.3 Å². The summed E-state index contributed by atoms with van der Waals surface area (Å²) in [6.07, 6.45) is 12.9. The van der Waals surface area contributed by atoms with Crippen molar-refractivity contribution in [3.63, 3.8) is 0 Å². The van der Waals surface area contributed by atoms with E-state index >= 15 is 0 Å². The molecule has 2 N–H and O–H groups in total. The lowest BCUT2D eigenvalue weighted by molar-refractivity contribution is -0.126. The first-order chi connectivity index (χ1) is 9.79. The van der Waals surface area contributed by atoms with Gasteiger partial charge in [-0.2, -0.15) is 0 Å². The van der Waals surface area contributed by atoms with Gasteiger partial charge >= 0.3 is 0 Å². The summed E-state index contributed by atoms with van der Waals surface area (Å²) in [7, 11) is 0. The lowest BCUT2D eigenvalue weighted by Crippen LogP contribution is -2.34. The Bertz CT molecular complexity index is 380. The number of nitrogens with zero attached hydrogens (tertiary/aromatic N) is 1. The van der Waals surface area contributed by atoms with Crippen LogP contribution in [0.1, 0.15) is 57.7 Å². The monoisotopic (exact) mass is 277 g/mol. The van der Waals surface area contributed by atoms with E-state index in [1.54, 1.807) is 6.20 Å². The minimum atomic E-state index is 0.240. The summed E-state index contributed by atoms with van der Waals surface area (Å²) in [5.41, 5.74) is 0. The number of carbonyl (C=O) groups is 1. The van der Waals surface area contributed by atoms with Crippen LogP contribution in [0, 0.1) is 11.8 Å². The Labute approximate surface area is 121 Å². The zero-order valence-electron chi connectivity index (χ0n) is 12.5. The minimum absolute atomic E-state index is 0.240. The Kier molecular flexibility index (Phi) is 6.09. The number of nitrogens with one attached hydrogen (secondary N) is 2. The second-order valence-electron chi connectivity index (χ2n) is 5.94. The number of aromatic nitrogens is 2. The lowest BCUT2D eigenvalue weighted by atomic mass is 9.79. The zero-order chi connectivity index (χ0) is 14.2. The molecule has 0 radical (unpaired) electrons. The summed E-state index contributed by atoms with van der Waals surface area (Å²) in [5.74, 6) is 2.28. The molecule has 0 aliphatic heterocycles. The third kappa shape index (κ3) is 4.66. The van der Waals surface area contributed by atoms with Gasteiger partial charge in [-0.15, -0.1) is 0 Å². The molecule has 0 saturated heterocycles. The van der Waals surface area contributed by atoms with Gasteiger partial charge in [-0.25, -0.2) is 4.98 Å². The Morgan fingerprint density at radius 3 is 2.85 bits per heavy atom. The molecule has 112 valence electrons. The molecule has 0 aromatic carbocycles. The Morgan fingerprint density at radius 1 is 1.40 bits per heavy atom. The Morgan fingerprint density at radius 2 is 2.20 bits per heavy atom. The summed E-state index contributed by atoms with van der Waals surface area (Å²) in [6, 6.07) is 0. The zero-order valence-corrected chi connectivity index (χ0v) is 12.5. The van der Waals surface area contributed by atoms with Gasteiger partial charge in [-0.05, 0) is 31.6 Å². The first-order valence-electron chi connectivity index (χ1n) is 8.05. The van der Waals surface area contributed by atoms with Crippen molar-refractivity contribution in [2.45, 2.75) is 58.3 Å². The molecule has 1 fully saturated rings. The molecule has 1 saturated carbocycles. The van der Waals surface area contributed by atoms with E-state index in [2.05, 4.69) is 22.2 Å². The molecule has 0 atom stereocenters. The summed E-state index contributed by atoms with van der Waals surface area (Å²) in [4.78, 5) is 19.3. The second kappa shape index (κ2) is 8.08. The number of imidazole rings is 1. The van der Waals surface area contributed by atoms with Gasteiger partial charge < -0.3 is 10.3 Å². The summed E-state index contributed by atoms with van der Waals surface area (Å²) in [5, 5.41) is 3.05. The maximum Gasteiger partial charge on any atom is 0.223 e. The highest BCUT2D eigenvalue weighted by Crippen LogP contribution is 2.31. The second-order valence-corrected chi connectivity index (χ2v) is 5.94. The average Bonchev–Trinajstić information content (AvgIpc) is 2.99. The van der Waals surface area contributed by atoms with Crippen LogP contribution in [0.25, 0.3) is 0 Å². The van der Waals surface area contributed by atoms with Crippen molar-refractivity contribution in [1.82, 2.24) is 15.3 Å². The molecule has 1 aliphatic rings. The van der Waals surface area contributed by atoms with Gasteiger partial charge in [0.25, 0.3) is 0 Å². The number of unbranched alkanes of at least 4 members (excludes halogenated alkanes) is 1. The van der Waals surface area contributed by atoms with Crippen LogP contribution in [0.5, 0.6) is 0 Å². The molecular weight excluding hydrogens is 250 g/mol. The van der Waals surface area contributed by atoms with E-state index in [9.17, 15) is 4.79 Å². The number of aromatic amines is 1. The van der Waals surface area contributed by atoms with Crippen molar-refractivity contribution in [2.75, 3.05) is 6.54 Å². The van der Waals surface area contributed by atoms with Gasteiger partial charge in [0.05, 0.1) is 0 Å². The molecule has 1 heterocycles. The third-order valence-electron chi connectivity index (χ3n) is 4.40. The average molecular weight is 277 g/mol. The van der Waals surface area contributed by atoms with Crippen molar-refractivity contribution >= 4 is 5.91 Å². The SMILES string of the molecule is CCCCC1CCC(C(=O)NCCc2ncc[nH]2)CC1. The van der Waals surface area contributed by atoms with Crippen molar-refractivity contribution < 1.29 is 4.79 Å². The van der Waals surface area contributed by atoms with Gasteiger partial charge in [0.15, 0.2) is 0 Å². The molecule has 1 amide bonds. The van der Waals surface area contributed by atoms with E-state index in [0.29, 0.717) is 6.54 Å². The maximum atomic E-state index is 12.1. The van der Waals surface area contributed by atoms with Crippen LogP contribution in [-0.4, -0.2) is 22.4 Å². The lowest BCUT2D eigenvalue weighted by Gasteiger charge is -2.27. The van der Waals surface area contributed by atoms with E-state index in [1.165, 1.54) is 32.1 Å². The predicted molar refractivity (Wildman–Crippen MR) is 80.3 cm³/mol. The van der Waals surface area contributed by atoms with E-state index in [4.69, 9.17) is 0 Å². The van der Waals surface area contributed by atoms with Crippen molar-refractivity contribution in [3.05, 3.63) is 18.2 Å². The third-order valence-corrected chi connectivity index (χ3v) is 4.40. The van der Waals surface area contributed by atoms with Crippen LogP contribution in [0.15, 0.2) is 12.4 Å². The number of H-pyrrole nitrogens is 1. The standard InChI is InChI=1S/C16H27N3O/c1-2-3-4-13-5-7-14(8-6-13)16(20)19-10-9-15-17-11-12-18-15/h11-14H,2-10H2,1H3,(H,17,18)(H,19,20). The smallest absolute Gasteiger partial charge is 0.223 e. The number of amides is 1. The number of rotatable bonds is 7. The highest BCUT2D eigenvalue weighted by atomic mass is 16.1. The van der Waals surface area contributed by atoms with E-state index in [1.807, 2.05) is 6.20 Å².